The minimum absolute atomic E-state index is 0.0470. The molecule has 0 aromatic heterocycles. The van der Waals surface area contributed by atoms with Gasteiger partial charge in [-0.15, -0.1) is 0 Å². The fraction of sp³-hybridized carbons (Fsp3) is 0.294. The van der Waals surface area contributed by atoms with Crippen LogP contribution in [0, 0.1) is 0 Å². The Balaban J connectivity index is 2.42. The molecular weight excluding hydrogens is 410 g/mol. The summed E-state index contributed by atoms with van der Waals surface area (Å²) in [4.78, 5) is 0.0470. The molecule has 0 heterocycles. The fourth-order valence-corrected chi connectivity index (χ4v) is 4.07. The van der Waals surface area contributed by atoms with Crippen molar-refractivity contribution in [2.24, 2.45) is 0 Å². The van der Waals surface area contributed by atoms with E-state index in [2.05, 4.69) is 15.9 Å². The van der Waals surface area contributed by atoms with Crippen LogP contribution in [0.5, 0.6) is 17.2 Å². The lowest BCUT2D eigenvalue weighted by Gasteiger charge is -2.20. The maximum Gasteiger partial charge on any atom is 0.246 e. The molecule has 0 atom stereocenters. The fourth-order valence-electron chi connectivity index (χ4n) is 2.35. The third-order valence-corrected chi connectivity index (χ3v) is 6.01. The molecule has 25 heavy (non-hydrogen) atoms. The van der Waals surface area contributed by atoms with E-state index in [0.29, 0.717) is 11.5 Å². The highest BCUT2D eigenvalue weighted by Gasteiger charge is 2.26. The SMILES string of the molecule is COc1ccc(OC)c(S(=O)(=O)N(C)Cc2cc(Br)ccc2OC)c1. The summed E-state index contributed by atoms with van der Waals surface area (Å²) in [6.45, 7) is 0.144. The highest BCUT2D eigenvalue weighted by atomic mass is 79.9. The maximum absolute atomic E-state index is 13.0. The topological polar surface area (TPSA) is 65.1 Å². The van der Waals surface area contributed by atoms with Crippen LogP contribution in [0.25, 0.3) is 0 Å². The van der Waals surface area contributed by atoms with Gasteiger partial charge in [-0.3, -0.25) is 0 Å². The second-order valence-electron chi connectivity index (χ2n) is 5.23. The van der Waals surface area contributed by atoms with Crippen molar-refractivity contribution in [3.8, 4) is 17.2 Å². The van der Waals surface area contributed by atoms with E-state index in [1.807, 2.05) is 12.1 Å². The van der Waals surface area contributed by atoms with E-state index in [-0.39, 0.29) is 17.2 Å². The molecule has 0 aliphatic heterocycles. The van der Waals surface area contributed by atoms with Gasteiger partial charge in [-0.1, -0.05) is 15.9 Å². The molecule has 2 aromatic carbocycles. The summed E-state index contributed by atoms with van der Waals surface area (Å²) in [5.41, 5.74) is 0.741. The number of hydrogen-bond acceptors (Lipinski definition) is 5. The van der Waals surface area contributed by atoms with E-state index >= 15 is 0 Å². The first-order valence-electron chi connectivity index (χ1n) is 7.34. The summed E-state index contributed by atoms with van der Waals surface area (Å²) in [5.74, 6) is 1.31. The first kappa shape index (κ1) is 19.6. The molecule has 2 rings (SSSR count). The van der Waals surface area contributed by atoms with Gasteiger partial charge in [0.05, 0.1) is 21.3 Å². The van der Waals surface area contributed by atoms with Crippen LogP contribution < -0.4 is 14.2 Å². The highest BCUT2D eigenvalue weighted by molar-refractivity contribution is 9.10. The quantitative estimate of drug-likeness (QED) is 0.675. The Morgan fingerprint density at radius 3 is 2.20 bits per heavy atom. The van der Waals surface area contributed by atoms with Crippen molar-refractivity contribution in [1.82, 2.24) is 4.31 Å². The van der Waals surface area contributed by atoms with Crippen LogP contribution in [0.1, 0.15) is 5.56 Å². The maximum atomic E-state index is 13.0. The van der Waals surface area contributed by atoms with Crippen LogP contribution in [0.3, 0.4) is 0 Å². The molecule has 0 N–H and O–H groups in total. The van der Waals surface area contributed by atoms with E-state index < -0.39 is 10.0 Å². The van der Waals surface area contributed by atoms with Crippen LogP contribution in [-0.2, 0) is 16.6 Å². The predicted octanol–water partition coefficient (Wildman–Crippen LogP) is 3.30. The summed E-state index contributed by atoms with van der Waals surface area (Å²) >= 11 is 3.39. The summed E-state index contributed by atoms with van der Waals surface area (Å²) in [5, 5.41) is 0. The Labute approximate surface area is 156 Å². The number of benzene rings is 2. The predicted molar refractivity (Wildman–Crippen MR) is 98.9 cm³/mol. The minimum atomic E-state index is -3.79. The molecule has 0 radical (unpaired) electrons. The Kier molecular flexibility index (Phi) is 6.31. The van der Waals surface area contributed by atoms with Crippen molar-refractivity contribution in [2.75, 3.05) is 28.4 Å². The van der Waals surface area contributed by atoms with Crippen molar-refractivity contribution >= 4 is 26.0 Å². The average molecular weight is 430 g/mol. The van der Waals surface area contributed by atoms with E-state index in [4.69, 9.17) is 14.2 Å². The van der Waals surface area contributed by atoms with Crippen LogP contribution >= 0.6 is 15.9 Å². The molecule has 136 valence electrons. The number of hydrogen-bond donors (Lipinski definition) is 0. The normalized spacial score (nSPS) is 11.4. The number of ether oxygens (including phenoxy) is 3. The largest absolute Gasteiger partial charge is 0.497 e. The number of nitrogens with zero attached hydrogens (tertiary/aromatic N) is 1. The molecule has 0 fully saturated rings. The van der Waals surface area contributed by atoms with E-state index in [0.717, 1.165) is 10.0 Å². The van der Waals surface area contributed by atoms with Crippen molar-refractivity contribution in [1.29, 1.82) is 0 Å². The molecule has 8 heteroatoms. The molecule has 0 spiro atoms. The Morgan fingerprint density at radius 2 is 1.60 bits per heavy atom. The molecule has 0 saturated carbocycles. The molecule has 0 aliphatic rings. The molecular formula is C17H20BrNO5S. The Bertz CT molecular complexity index is 854. The average Bonchev–Trinajstić information content (AvgIpc) is 2.61. The van der Waals surface area contributed by atoms with E-state index in [1.165, 1.54) is 31.6 Å². The third kappa shape index (κ3) is 4.26. The first-order valence-corrected chi connectivity index (χ1v) is 9.57. The van der Waals surface area contributed by atoms with Gasteiger partial charge in [-0.05, 0) is 30.3 Å². The van der Waals surface area contributed by atoms with Crippen LogP contribution in [0.2, 0.25) is 0 Å². The molecule has 2 aromatic rings. The van der Waals surface area contributed by atoms with Crippen molar-refractivity contribution in [2.45, 2.75) is 11.4 Å². The van der Waals surface area contributed by atoms with Gasteiger partial charge >= 0.3 is 0 Å². The standard InChI is InChI=1S/C17H20BrNO5S/c1-19(11-12-9-13(18)5-7-15(12)23-3)25(20,21)17-10-14(22-2)6-8-16(17)24-4/h5-10H,11H2,1-4H3. The molecule has 0 unspecified atom stereocenters. The van der Waals surface area contributed by atoms with Gasteiger partial charge in [-0.25, -0.2) is 8.42 Å². The number of halogens is 1. The van der Waals surface area contributed by atoms with Gasteiger partial charge in [0.25, 0.3) is 0 Å². The van der Waals surface area contributed by atoms with Gasteiger partial charge < -0.3 is 14.2 Å². The molecule has 0 aliphatic carbocycles. The number of sulfonamides is 1. The van der Waals surface area contributed by atoms with Crippen molar-refractivity contribution < 1.29 is 22.6 Å². The van der Waals surface area contributed by atoms with Crippen LogP contribution in [-0.4, -0.2) is 41.1 Å². The van der Waals surface area contributed by atoms with Gasteiger partial charge in [0, 0.05) is 29.7 Å². The summed E-state index contributed by atoms with van der Waals surface area (Å²) in [7, 11) is 2.17. The van der Waals surface area contributed by atoms with E-state index in [1.54, 1.807) is 25.3 Å². The van der Waals surface area contributed by atoms with Crippen LogP contribution in [0.4, 0.5) is 0 Å². The van der Waals surface area contributed by atoms with Crippen LogP contribution in [0.15, 0.2) is 45.8 Å². The smallest absolute Gasteiger partial charge is 0.246 e. The summed E-state index contributed by atoms with van der Waals surface area (Å²) in [6, 6.07) is 10.1. The monoisotopic (exact) mass is 429 g/mol. The minimum Gasteiger partial charge on any atom is -0.497 e. The van der Waals surface area contributed by atoms with Gasteiger partial charge in [0.2, 0.25) is 10.0 Å². The van der Waals surface area contributed by atoms with E-state index in [9.17, 15) is 8.42 Å². The van der Waals surface area contributed by atoms with Gasteiger partial charge in [0.1, 0.15) is 22.1 Å². The Morgan fingerprint density at radius 1 is 0.960 bits per heavy atom. The molecule has 6 nitrogen and oxygen atoms in total. The van der Waals surface area contributed by atoms with Gasteiger partial charge in [0.15, 0.2) is 0 Å². The number of rotatable bonds is 7. The van der Waals surface area contributed by atoms with Crippen molar-refractivity contribution in [3.05, 3.63) is 46.4 Å². The summed E-state index contributed by atoms with van der Waals surface area (Å²) in [6.07, 6.45) is 0. The lowest BCUT2D eigenvalue weighted by Crippen LogP contribution is -2.27. The highest BCUT2D eigenvalue weighted by Crippen LogP contribution is 2.32. The Hall–Kier alpha value is -1.77. The zero-order valence-corrected chi connectivity index (χ0v) is 16.8. The number of methoxy groups -OCH3 is 3. The second kappa shape index (κ2) is 8.07. The molecule has 0 saturated heterocycles. The zero-order chi connectivity index (χ0) is 18.6. The van der Waals surface area contributed by atoms with Crippen molar-refractivity contribution in [3.63, 3.8) is 0 Å². The molecule has 0 amide bonds. The first-order chi connectivity index (χ1) is 11.8. The summed E-state index contributed by atoms with van der Waals surface area (Å²) < 4.78 is 43.8. The lowest BCUT2D eigenvalue weighted by molar-refractivity contribution is 0.385. The molecule has 0 bridgehead atoms. The zero-order valence-electron chi connectivity index (χ0n) is 14.4. The lowest BCUT2D eigenvalue weighted by atomic mass is 10.2. The second-order valence-corrected chi connectivity index (χ2v) is 8.16. The van der Waals surface area contributed by atoms with Gasteiger partial charge in [-0.2, -0.15) is 4.31 Å². The third-order valence-electron chi connectivity index (χ3n) is 3.69.